The number of imide groups is 2. The lowest BCUT2D eigenvalue weighted by Gasteiger charge is -2.39. The van der Waals surface area contributed by atoms with Gasteiger partial charge in [0, 0.05) is 68.5 Å². The molecule has 1 saturated carbocycles. The van der Waals surface area contributed by atoms with Crippen LogP contribution in [0.1, 0.15) is 85.5 Å². The number of halogens is 1. The van der Waals surface area contributed by atoms with Gasteiger partial charge in [-0.1, -0.05) is 18.2 Å². The normalized spacial score (nSPS) is 20.7. The summed E-state index contributed by atoms with van der Waals surface area (Å²) in [5.74, 6) is -1.59. The summed E-state index contributed by atoms with van der Waals surface area (Å²) in [4.78, 5) is 82.2. The lowest BCUT2D eigenvalue weighted by atomic mass is 9.85. The van der Waals surface area contributed by atoms with Gasteiger partial charge in [0.1, 0.15) is 40.4 Å². The monoisotopic (exact) mass is 893 g/mol. The minimum Gasteiger partial charge on any atom is -0.457 e. The van der Waals surface area contributed by atoms with Crippen LogP contribution < -0.4 is 31.3 Å². The molecule has 5 aromatic rings. The zero-order valence-corrected chi connectivity index (χ0v) is 36.1. The number of ether oxygens (including phenoxy) is 1. The van der Waals surface area contributed by atoms with Gasteiger partial charge < -0.3 is 26.0 Å². The van der Waals surface area contributed by atoms with E-state index in [4.69, 9.17) is 15.6 Å². The van der Waals surface area contributed by atoms with Gasteiger partial charge >= 0.3 is 0 Å². The summed E-state index contributed by atoms with van der Waals surface area (Å²) in [6, 6.07) is 23.8. The maximum Gasteiger partial charge on any atom is 0.262 e. The number of hydrogen-bond acceptors (Lipinski definition) is 11. The Labute approximate surface area is 379 Å². The fraction of sp³-hybridized carbons (Fsp3) is 0.327. The van der Waals surface area contributed by atoms with Gasteiger partial charge in [0.05, 0.1) is 16.8 Å². The third-order valence-electron chi connectivity index (χ3n) is 13.4. The van der Waals surface area contributed by atoms with Gasteiger partial charge in [-0.15, -0.1) is 0 Å². The van der Waals surface area contributed by atoms with Crippen LogP contribution in [0.5, 0.6) is 11.5 Å². The number of aromatic nitrogens is 2. The average molecular weight is 894 g/mol. The Morgan fingerprint density at radius 2 is 1.50 bits per heavy atom. The number of fused-ring (bicyclic) bond motifs is 3. The number of piperidine rings is 1. The van der Waals surface area contributed by atoms with Crippen LogP contribution >= 0.6 is 0 Å². The number of carbonyl (C=O) groups excluding carboxylic acids is 6. The summed E-state index contributed by atoms with van der Waals surface area (Å²) in [6.07, 6.45) is 4.24. The third kappa shape index (κ3) is 8.25. The minimum atomic E-state index is -1.11. The quantitative estimate of drug-likeness (QED) is 0.131. The maximum absolute atomic E-state index is 15.5. The van der Waals surface area contributed by atoms with Crippen molar-refractivity contribution in [2.24, 2.45) is 11.7 Å². The van der Waals surface area contributed by atoms with Crippen LogP contribution in [0, 0.1) is 11.7 Å². The smallest absolute Gasteiger partial charge is 0.262 e. The number of carbonyl (C=O) groups is 6. The van der Waals surface area contributed by atoms with E-state index in [1.54, 1.807) is 10.7 Å². The lowest BCUT2D eigenvalue weighted by Crippen LogP contribution is -2.54. The summed E-state index contributed by atoms with van der Waals surface area (Å²) in [5.41, 5.74) is 9.91. The first-order chi connectivity index (χ1) is 32.0. The number of primary amides is 1. The number of piperazine rings is 1. The average Bonchev–Trinajstić information content (AvgIpc) is 3.72. The van der Waals surface area contributed by atoms with Crippen molar-refractivity contribution in [3.05, 3.63) is 119 Å². The number of aryl methyl sites for hydroxylation is 2. The van der Waals surface area contributed by atoms with Crippen LogP contribution in [0.2, 0.25) is 0 Å². The Balaban J connectivity index is 0.709. The molecular weight excluding hydrogens is 846 g/mol. The van der Waals surface area contributed by atoms with Gasteiger partial charge in [0.2, 0.25) is 11.8 Å². The molecule has 0 bridgehead atoms. The SMILES string of the molecule is NC(=O)c1c(-c2ccc(Oc3ccccc3)cc2)nn2c1Nc1ccc(C(=O)NC3CCC(CN4CCN(c5cc6c(cc5F)C(=O)N(C5CCC(=O)NC5=O)C6=O)CC4)CC3)cc1CC2. The molecule has 338 valence electrons. The highest BCUT2D eigenvalue weighted by atomic mass is 19.1. The van der Waals surface area contributed by atoms with E-state index in [1.807, 2.05) is 71.6 Å². The molecule has 4 aromatic carbocycles. The van der Waals surface area contributed by atoms with E-state index in [2.05, 4.69) is 20.9 Å². The fourth-order valence-corrected chi connectivity index (χ4v) is 9.93. The summed E-state index contributed by atoms with van der Waals surface area (Å²) in [6.45, 7) is 3.82. The molecule has 10 rings (SSSR count). The highest BCUT2D eigenvalue weighted by Gasteiger charge is 2.45. The Kier molecular flexibility index (Phi) is 11.3. The molecular formula is C49H48FN9O7. The van der Waals surface area contributed by atoms with Crippen LogP contribution in [0.15, 0.2) is 84.9 Å². The second kappa shape index (κ2) is 17.5. The number of nitrogens with one attached hydrogen (secondary N) is 3. The molecule has 1 aromatic heterocycles. The van der Waals surface area contributed by atoms with E-state index >= 15 is 4.39 Å². The number of anilines is 3. The van der Waals surface area contributed by atoms with Crippen molar-refractivity contribution in [2.45, 2.75) is 63.6 Å². The second-order valence-corrected chi connectivity index (χ2v) is 17.6. The summed E-state index contributed by atoms with van der Waals surface area (Å²) < 4.78 is 23.2. The molecule has 1 atom stereocenters. The molecule has 16 nitrogen and oxygen atoms in total. The number of hydrogen-bond donors (Lipinski definition) is 4. The van der Waals surface area contributed by atoms with Gasteiger partial charge in [0.15, 0.2) is 0 Å². The molecule has 0 spiro atoms. The van der Waals surface area contributed by atoms with E-state index in [0.29, 0.717) is 73.6 Å². The molecule has 3 fully saturated rings. The molecule has 5 aliphatic rings. The van der Waals surface area contributed by atoms with Crippen molar-refractivity contribution < 1.29 is 37.9 Å². The largest absolute Gasteiger partial charge is 0.457 e. The van der Waals surface area contributed by atoms with Crippen molar-refractivity contribution in [3.8, 4) is 22.8 Å². The molecule has 5 N–H and O–H groups in total. The number of nitrogens with two attached hydrogens (primary N) is 1. The third-order valence-corrected chi connectivity index (χ3v) is 13.4. The van der Waals surface area contributed by atoms with Gasteiger partial charge in [-0.25, -0.2) is 9.07 Å². The maximum atomic E-state index is 15.5. The van der Waals surface area contributed by atoms with E-state index in [-0.39, 0.29) is 47.2 Å². The minimum absolute atomic E-state index is 0.00627. The topological polar surface area (TPSA) is 201 Å². The van der Waals surface area contributed by atoms with Crippen LogP contribution in [0.4, 0.5) is 21.6 Å². The summed E-state index contributed by atoms with van der Waals surface area (Å²) >= 11 is 0. The second-order valence-electron chi connectivity index (χ2n) is 17.6. The number of rotatable bonds is 10. The van der Waals surface area contributed by atoms with Gasteiger partial charge in [-0.2, -0.15) is 5.10 Å². The first kappa shape index (κ1) is 42.5. The molecule has 4 aliphatic heterocycles. The van der Waals surface area contributed by atoms with Crippen molar-refractivity contribution in [1.29, 1.82) is 0 Å². The zero-order chi connectivity index (χ0) is 45.6. The predicted octanol–water partition coefficient (Wildman–Crippen LogP) is 5.39. The molecule has 66 heavy (non-hydrogen) atoms. The van der Waals surface area contributed by atoms with Gasteiger partial charge in [-0.3, -0.25) is 43.9 Å². The number of para-hydroxylation sites is 1. The first-order valence-corrected chi connectivity index (χ1v) is 22.4. The standard InChI is InChI=1S/C49H48FN9O7/c50-37-25-35-36(49(65)59(48(35)64)39-16-17-41(60)54-47(39)63)26-40(37)57-22-20-56(21-23-57)27-28-6-11-32(12-7-28)52-46(62)31-10-15-38-30(24-31)18-19-58-45(53-38)42(44(51)61)43(55-58)29-8-13-34(14-9-29)66-33-4-2-1-3-5-33/h1-5,8-10,13-15,24-26,28,32,39,53H,6-7,11-12,16-23,27H2,(H2,51,61)(H,52,62)(H,54,60,63). The molecule has 17 heteroatoms. The molecule has 6 amide bonds. The predicted molar refractivity (Wildman–Crippen MR) is 241 cm³/mol. The van der Waals surface area contributed by atoms with Gasteiger partial charge in [0.25, 0.3) is 23.6 Å². The summed E-state index contributed by atoms with van der Waals surface area (Å²) in [7, 11) is 0. The van der Waals surface area contributed by atoms with Crippen LogP contribution in [0.3, 0.4) is 0 Å². The first-order valence-electron chi connectivity index (χ1n) is 22.4. The van der Waals surface area contributed by atoms with Crippen LogP contribution in [-0.4, -0.2) is 99.8 Å². The van der Waals surface area contributed by atoms with E-state index in [9.17, 15) is 28.8 Å². The zero-order valence-electron chi connectivity index (χ0n) is 36.1. The Morgan fingerprint density at radius 3 is 2.21 bits per heavy atom. The van der Waals surface area contributed by atoms with Crippen molar-refractivity contribution in [3.63, 3.8) is 0 Å². The van der Waals surface area contributed by atoms with Crippen LogP contribution in [0.25, 0.3) is 11.3 Å². The highest BCUT2D eigenvalue weighted by Crippen LogP contribution is 2.37. The number of nitrogens with zero attached hydrogens (tertiary/aromatic N) is 5. The van der Waals surface area contributed by atoms with E-state index in [1.165, 1.54) is 6.07 Å². The van der Waals surface area contributed by atoms with Crippen LogP contribution in [-0.2, 0) is 22.6 Å². The Bertz CT molecular complexity index is 2780. The molecule has 0 radical (unpaired) electrons. The van der Waals surface area contributed by atoms with E-state index < -0.39 is 41.4 Å². The lowest BCUT2D eigenvalue weighted by molar-refractivity contribution is -0.136. The van der Waals surface area contributed by atoms with Crippen molar-refractivity contribution >= 4 is 52.6 Å². The Hall–Kier alpha value is -7.40. The number of benzene rings is 4. The molecule has 5 heterocycles. The van der Waals surface area contributed by atoms with Crippen molar-refractivity contribution in [2.75, 3.05) is 42.9 Å². The van der Waals surface area contributed by atoms with E-state index in [0.717, 1.165) is 60.0 Å². The summed E-state index contributed by atoms with van der Waals surface area (Å²) in [5, 5.41) is 13.6. The highest BCUT2D eigenvalue weighted by molar-refractivity contribution is 6.23. The van der Waals surface area contributed by atoms with Gasteiger partial charge in [-0.05, 0) is 117 Å². The molecule has 1 unspecified atom stereocenters. The Morgan fingerprint density at radius 1 is 0.788 bits per heavy atom. The molecule has 2 saturated heterocycles. The fourth-order valence-electron chi connectivity index (χ4n) is 9.93. The number of amides is 6. The van der Waals surface area contributed by atoms with Crippen molar-refractivity contribution in [1.82, 2.24) is 30.2 Å². The molecule has 1 aliphatic carbocycles.